The second-order valence-electron chi connectivity index (χ2n) is 2.32. The standard InChI is InChI=1S/C8H17N/c1-4-6-7-9-8(3)5-2/h7-9H,1,4-6H2,2-3H3. The van der Waals surface area contributed by atoms with Crippen LogP contribution in [0.25, 0.3) is 0 Å². The number of hydrogen-bond acceptors (Lipinski definition) is 1. The summed E-state index contributed by atoms with van der Waals surface area (Å²) in [6, 6.07) is 0.622. The molecule has 0 saturated heterocycles. The van der Waals surface area contributed by atoms with Crippen LogP contribution in [-0.4, -0.2) is 6.04 Å². The van der Waals surface area contributed by atoms with Crippen molar-refractivity contribution in [3.63, 3.8) is 0 Å². The molecule has 0 aromatic rings. The average Bonchev–Trinajstić information content (AvgIpc) is 1.89. The van der Waals surface area contributed by atoms with Crippen LogP contribution in [0.1, 0.15) is 33.1 Å². The molecule has 0 aliphatic heterocycles. The first-order valence-corrected chi connectivity index (χ1v) is 3.68. The molecule has 1 atom stereocenters. The smallest absolute Gasteiger partial charge is 0.0223 e. The maximum absolute atomic E-state index is 3.74. The van der Waals surface area contributed by atoms with Crippen molar-refractivity contribution in [1.29, 1.82) is 0 Å². The Balaban J connectivity index is 2.88. The van der Waals surface area contributed by atoms with Gasteiger partial charge in [0.15, 0.2) is 0 Å². The molecule has 1 unspecified atom stereocenters. The highest BCUT2D eigenvalue weighted by Gasteiger charge is 1.93. The number of unbranched alkanes of at least 4 members (excludes halogenated alkanes) is 1. The van der Waals surface area contributed by atoms with Gasteiger partial charge in [0.1, 0.15) is 0 Å². The highest BCUT2D eigenvalue weighted by atomic mass is 14.9. The van der Waals surface area contributed by atoms with E-state index < -0.39 is 0 Å². The number of hydrogen-bond donors (Lipinski definition) is 1. The summed E-state index contributed by atoms with van der Waals surface area (Å²) in [7, 11) is 0. The molecule has 1 N–H and O–H groups in total. The fraction of sp³-hybridized carbons (Fsp3) is 0.750. The number of nitrogens with one attached hydrogen (secondary N) is 1. The first-order valence-electron chi connectivity index (χ1n) is 3.68. The Kier molecular flexibility index (Phi) is 6.06. The van der Waals surface area contributed by atoms with Crippen molar-refractivity contribution in [3.8, 4) is 0 Å². The molecule has 0 fully saturated rings. The van der Waals surface area contributed by atoms with Crippen LogP contribution in [-0.2, 0) is 0 Å². The highest BCUT2D eigenvalue weighted by Crippen LogP contribution is 1.92. The molecule has 0 aliphatic carbocycles. The van der Waals surface area contributed by atoms with E-state index in [0.29, 0.717) is 6.04 Å². The molecule has 0 aromatic carbocycles. The molecule has 0 spiro atoms. The van der Waals surface area contributed by atoms with Gasteiger partial charge in [-0.25, -0.2) is 0 Å². The van der Waals surface area contributed by atoms with Gasteiger partial charge < -0.3 is 5.32 Å². The van der Waals surface area contributed by atoms with E-state index in [1.54, 1.807) is 0 Å². The molecule has 0 aliphatic rings. The summed E-state index contributed by atoms with van der Waals surface area (Å²) in [6.07, 6.45) is 3.25. The van der Waals surface area contributed by atoms with Crippen molar-refractivity contribution in [1.82, 2.24) is 5.32 Å². The monoisotopic (exact) mass is 127 g/mol. The van der Waals surface area contributed by atoms with Gasteiger partial charge in [-0.05, 0) is 19.8 Å². The van der Waals surface area contributed by atoms with Gasteiger partial charge in [-0.2, -0.15) is 0 Å². The molecule has 0 bridgehead atoms. The van der Waals surface area contributed by atoms with Crippen molar-refractivity contribution in [2.24, 2.45) is 0 Å². The van der Waals surface area contributed by atoms with E-state index in [0.717, 1.165) is 12.8 Å². The maximum Gasteiger partial charge on any atom is 0.0223 e. The molecule has 0 aromatic heterocycles. The molecule has 1 heteroatoms. The lowest BCUT2D eigenvalue weighted by atomic mass is 10.2. The normalized spacial score (nSPS) is 13.7. The first kappa shape index (κ1) is 8.96. The zero-order chi connectivity index (χ0) is 7.11. The van der Waals surface area contributed by atoms with E-state index in [9.17, 15) is 0 Å². The predicted molar refractivity (Wildman–Crippen MR) is 41.8 cm³/mol. The topological polar surface area (TPSA) is 12.0 Å². The molecule has 9 heavy (non-hydrogen) atoms. The van der Waals surface area contributed by atoms with E-state index in [4.69, 9.17) is 0 Å². The van der Waals surface area contributed by atoms with Crippen molar-refractivity contribution < 1.29 is 0 Å². The van der Waals surface area contributed by atoms with Gasteiger partial charge in [-0.1, -0.05) is 20.3 Å². The lowest BCUT2D eigenvalue weighted by molar-refractivity contribution is 0.574. The Morgan fingerprint density at radius 2 is 2.33 bits per heavy atom. The third-order valence-corrected chi connectivity index (χ3v) is 1.36. The van der Waals surface area contributed by atoms with E-state index in [2.05, 4.69) is 32.6 Å². The van der Waals surface area contributed by atoms with Crippen molar-refractivity contribution in [2.45, 2.75) is 39.2 Å². The zero-order valence-electron chi connectivity index (χ0n) is 6.48. The molecule has 2 radical (unpaired) electrons. The summed E-state index contributed by atoms with van der Waals surface area (Å²) >= 11 is 0. The fourth-order valence-corrected chi connectivity index (χ4v) is 0.504. The summed E-state index contributed by atoms with van der Waals surface area (Å²) < 4.78 is 0. The quantitative estimate of drug-likeness (QED) is 0.558. The molecule has 0 heterocycles. The third kappa shape index (κ3) is 5.84. The Morgan fingerprint density at radius 1 is 1.67 bits per heavy atom. The average molecular weight is 127 g/mol. The summed E-state index contributed by atoms with van der Waals surface area (Å²) in [5, 5.41) is 3.27. The van der Waals surface area contributed by atoms with Gasteiger partial charge in [-0.15, -0.1) is 0 Å². The van der Waals surface area contributed by atoms with Crippen LogP contribution in [0.5, 0.6) is 0 Å². The van der Waals surface area contributed by atoms with E-state index in [1.165, 1.54) is 6.42 Å². The van der Waals surface area contributed by atoms with Crippen LogP contribution in [0.15, 0.2) is 0 Å². The lowest BCUT2D eigenvalue weighted by Crippen LogP contribution is -2.21. The van der Waals surface area contributed by atoms with Crippen molar-refractivity contribution >= 4 is 0 Å². The molecular formula is C8H17N. The lowest BCUT2D eigenvalue weighted by Gasteiger charge is -2.08. The minimum Gasteiger partial charge on any atom is -0.310 e. The Morgan fingerprint density at radius 3 is 2.78 bits per heavy atom. The van der Waals surface area contributed by atoms with E-state index in [1.807, 2.05) is 0 Å². The minimum atomic E-state index is 0.622. The molecular weight excluding hydrogens is 110 g/mol. The summed E-state index contributed by atoms with van der Waals surface area (Å²) in [5.41, 5.74) is 0. The van der Waals surface area contributed by atoms with Crippen LogP contribution < -0.4 is 5.32 Å². The molecule has 0 amide bonds. The molecule has 54 valence electrons. The fourth-order valence-electron chi connectivity index (χ4n) is 0.504. The van der Waals surface area contributed by atoms with Gasteiger partial charge in [0.25, 0.3) is 0 Å². The summed E-state index contributed by atoms with van der Waals surface area (Å²) in [5.74, 6) is 0. The van der Waals surface area contributed by atoms with Crippen LogP contribution in [0, 0.1) is 13.5 Å². The van der Waals surface area contributed by atoms with Crippen molar-refractivity contribution in [3.05, 3.63) is 13.5 Å². The van der Waals surface area contributed by atoms with Gasteiger partial charge in [0.2, 0.25) is 0 Å². The number of rotatable bonds is 5. The second kappa shape index (κ2) is 6.09. The van der Waals surface area contributed by atoms with Crippen LogP contribution >= 0.6 is 0 Å². The van der Waals surface area contributed by atoms with Gasteiger partial charge in [0, 0.05) is 12.6 Å². The van der Waals surface area contributed by atoms with Gasteiger partial charge in [0.05, 0.1) is 0 Å². The molecule has 0 saturated carbocycles. The Hall–Kier alpha value is -0.0400. The summed E-state index contributed by atoms with van der Waals surface area (Å²) in [6.45, 7) is 10.2. The highest BCUT2D eigenvalue weighted by molar-refractivity contribution is 4.67. The Bertz CT molecular complexity index is 52.5. The van der Waals surface area contributed by atoms with Crippen LogP contribution in [0.2, 0.25) is 0 Å². The van der Waals surface area contributed by atoms with Crippen LogP contribution in [0.4, 0.5) is 0 Å². The van der Waals surface area contributed by atoms with Gasteiger partial charge >= 0.3 is 0 Å². The summed E-state index contributed by atoms with van der Waals surface area (Å²) in [4.78, 5) is 0. The largest absolute Gasteiger partial charge is 0.310 e. The molecule has 1 nitrogen and oxygen atoms in total. The maximum atomic E-state index is 3.74. The zero-order valence-corrected chi connectivity index (χ0v) is 6.48. The predicted octanol–water partition coefficient (Wildman–Crippen LogP) is 2.15. The van der Waals surface area contributed by atoms with Gasteiger partial charge in [-0.3, -0.25) is 0 Å². The first-order chi connectivity index (χ1) is 4.31. The van der Waals surface area contributed by atoms with E-state index >= 15 is 0 Å². The minimum absolute atomic E-state index is 0.622. The third-order valence-electron chi connectivity index (χ3n) is 1.36. The van der Waals surface area contributed by atoms with Crippen molar-refractivity contribution in [2.75, 3.05) is 0 Å². The SMILES string of the molecule is [CH2]CC[CH]NC(C)CC. The van der Waals surface area contributed by atoms with E-state index in [-0.39, 0.29) is 0 Å². The molecule has 0 rings (SSSR count). The Labute approximate surface area is 58.8 Å². The van der Waals surface area contributed by atoms with Crippen LogP contribution in [0.3, 0.4) is 0 Å². The second-order valence-corrected chi connectivity index (χ2v) is 2.32.